The van der Waals surface area contributed by atoms with Gasteiger partial charge in [0.15, 0.2) is 5.11 Å². The van der Waals surface area contributed by atoms with Gasteiger partial charge in [0.2, 0.25) is 0 Å². The molecule has 0 atom stereocenters. The van der Waals surface area contributed by atoms with E-state index in [1.54, 1.807) is 24.3 Å². The van der Waals surface area contributed by atoms with Gasteiger partial charge >= 0.3 is 0 Å². The molecule has 0 aliphatic carbocycles. The molecule has 1 fully saturated rings. The highest BCUT2D eigenvalue weighted by molar-refractivity contribution is 7.80. The van der Waals surface area contributed by atoms with Gasteiger partial charge in [0.1, 0.15) is 5.70 Å². The van der Waals surface area contributed by atoms with Crippen LogP contribution in [0.1, 0.15) is 18.9 Å². The van der Waals surface area contributed by atoms with Crippen LogP contribution in [0.3, 0.4) is 0 Å². The Morgan fingerprint density at radius 2 is 2.05 bits per heavy atom. The van der Waals surface area contributed by atoms with Gasteiger partial charge in [0, 0.05) is 35.4 Å². The first-order valence-electron chi connectivity index (χ1n) is 6.91. The second kappa shape index (κ2) is 7.92. The predicted octanol–water partition coefficient (Wildman–Crippen LogP) is 3.48. The Bertz CT molecular complexity index is 599. The van der Waals surface area contributed by atoms with Crippen molar-refractivity contribution < 1.29 is 9.53 Å². The van der Waals surface area contributed by atoms with Crippen LogP contribution in [0.5, 0.6) is 0 Å². The third-order valence-corrected chi connectivity index (χ3v) is 4.11. The van der Waals surface area contributed by atoms with Crippen LogP contribution in [-0.2, 0) is 9.53 Å². The third-order valence-electron chi connectivity index (χ3n) is 3.13. The molecule has 2 rings (SSSR count). The maximum Gasteiger partial charge on any atom is 0.276 e. The SMILES string of the molecule is CCOCCCN1C(=O)C(=Cc2c(Cl)cccc2Cl)NC1=S. The maximum absolute atomic E-state index is 12.4. The number of benzene rings is 1. The summed E-state index contributed by atoms with van der Waals surface area (Å²) in [5.41, 5.74) is 0.969. The van der Waals surface area contributed by atoms with Gasteiger partial charge in [-0.3, -0.25) is 9.69 Å². The largest absolute Gasteiger partial charge is 0.382 e. The zero-order valence-electron chi connectivity index (χ0n) is 12.1. The van der Waals surface area contributed by atoms with Crippen molar-refractivity contribution in [2.24, 2.45) is 0 Å². The number of thiocarbonyl (C=S) groups is 1. The molecule has 0 bridgehead atoms. The lowest BCUT2D eigenvalue weighted by Gasteiger charge is -2.13. The summed E-state index contributed by atoms with van der Waals surface area (Å²) in [7, 11) is 0. The molecule has 1 aliphatic rings. The molecule has 1 amide bonds. The van der Waals surface area contributed by atoms with Gasteiger partial charge in [-0.25, -0.2) is 0 Å². The molecule has 0 aromatic heterocycles. The molecule has 0 spiro atoms. The van der Waals surface area contributed by atoms with Crippen LogP contribution < -0.4 is 5.32 Å². The Balaban J connectivity index is 2.12. The summed E-state index contributed by atoms with van der Waals surface area (Å²) < 4.78 is 5.27. The molecule has 1 heterocycles. The summed E-state index contributed by atoms with van der Waals surface area (Å²) in [4.78, 5) is 13.9. The minimum Gasteiger partial charge on any atom is -0.382 e. The Morgan fingerprint density at radius 3 is 2.68 bits per heavy atom. The summed E-state index contributed by atoms with van der Waals surface area (Å²) in [6, 6.07) is 5.19. The molecule has 4 nitrogen and oxygen atoms in total. The molecule has 118 valence electrons. The molecule has 1 N–H and O–H groups in total. The highest BCUT2D eigenvalue weighted by atomic mass is 35.5. The number of carbonyl (C=O) groups excluding carboxylic acids is 1. The molecule has 1 aromatic rings. The second-order valence-corrected chi connectivity index (χ2v) is 5.83. The van der Waals surface area contributed by atoms with Crippen LogP contribution >= 0.6 is 35.4 Å². The molecular formula is C15H16Cl2N2O2S. The fourth-order valence-electron chi connectivity index (χ4n) is 2.04. The summed E-state index contributed by atoms with van der Waals surface area (Å²) in [5.74, 6) is -0.183. The highest BCUT2D eigenvalue weighted by Gasteiger charge is 2.30. The molecular weight excluding hydrogens is 343 g/mol. The molecule has 7 heteroatoms. The first-order valence-corrected chi connectivity index (χ1v) is 8.07. The molecule has 0 unspecified atom stereocenters. The molecule has 1 aliphatic heterocycles. The Morgan fingerprint density at radius 1 is 1.36 bits per heavy atom. The van der Waals surface area contributed by atoms with Gasteiger partial charge in [-0.1, -0.05) is 29.3 Å². The van der Waals surface area contributed by atoms with Gasteiger partial charge in [-0.15, -0.1) is 0 Å². The molecule has 1 aromatic carbocycles. The van der Waals surface area contributed by atoms with E-state index >= 15 is 0 Å². The highest BCUT2D eigenvalue weighted by Crippen LogP contribution is 2.27. The Hall–Kier alpha value is -1.14. The first kappa shape index (κ1) is 17.2. The number of halogens is 2. The summed E-state index contributed by atoms with van der Waals surface area (Å²) in [6.45, 7) is 3.70. The van der Waals surface area contributed by atoms with Crippen molar-refractivity contribution in [3.8, 4) is 0 Å². The number of nitrogens with one attached hydrogen (secondary N) is 1. The fraction of sp³-hybridized carbons (Fsp3) is 0.333. The third kappa shape index (κ3) is 3.98. The van der Waals surface area contributed by atoms with E-state index in [9.17, 15) is 4.79 Å². The zero-order chi connectivity index (χ0) is 16.1. The van der Waals surface area contributed by atoms with Crippen molar-refractivity contribution in [3.63, 3.8) is 0 Å². The van der Waals surface area contributed by atoms with E-state index in [4.69, 9.17) is 40.2 Å². The van der Waals surface area contributed by atoms with Gasteiger partial charge < -0.3 is 10.1 Å². The minimum absolute atomic E-state index is 0.183. The first-order chi connectivity index (χ1) is 10.5. The standard InChI is InChI=1S/C15H16Cl2N2O2S/c1-2-21-8-4-7-19-14(20)13(18-15(19)22)9-10-11(16)5-3-6-12(10)17/h3,5-6,9H,2,4,7-8H2,1H3,(H,18,22). The van der Waals surface area contributed by atoms with Crippen LogP contribution in [0, 0.1) is 0 Å². The van der Waals surface area contributed by atoms with Gasteiger partial charge in [0.25, 0.3) is 5.91 Å². The van der Waals surface area contributed by atoms with Crippen LogP contribution in [-0.4, -0.2) is 35.7 Å². The van der Waals surface area contributed by atoms with E-state index in [2.05, 4.69) is 5.32 Å². The lowest BCUT2D eigenvalue weighted by atomic mass is 10.2. The average Bonchev–Trinajstić information content (AvgIpc) is 2.74. The Labute approximate surface area is 145 Å². The summed E-state index contributed by atoms with van der Waals surface area (Å²) in [6.07, 6.45) is 2.35. The number of nitrogens with zero attached hydrogens (tertiary/aromatic N) is 1. The number of hydrogen-bond donors (Lipinski definition) is 1. The van der Waals surface area contributed by atoms with Crippen molar-refractivity contribution in [1.29, 1.82) is 0 Å². The van der Waals surface area contributed by atoms with E-state index in [-0.39, 0.29) is 5.91 Å². The van der Waals surface area contributed by atoms with Crippen molar-refractivity contribution in [1.82, 2.24) is 10.2 Å². The topological polar surface area (TPSA) is 41.6 Å². The Kier molecular flexibility index (Phi) is 6.20. The van der Waals surface area contributed by atoms with Crippen LogP contribution in [0.4, 0.5) is 0 Å². The minimum atomic E-state index is -0.183. The number of rotatable bonds is 6. The number of amides is 1. The number of ether oxygens (including phenoxy) is 1. The van der Waals surface area contributed by atoms with E-state index in [1.165, 1.54) is 4.90 Å². The predicted molar refractivity (Wildman–Crippen MR) is 93.0 cm³/mol. The molecule has 0 saturated carbocycles. The van der Waals surface area contributed by atoms with Crippen molar-refractivity contribution in [2.75, 3.05) is 19.8 Å². The quantitative estimate of drug-likeness (QED) is 0.480. The van der Waals surface area contributed by atoms with E-state index in [1.807, 2.05) is 6.92 Å². The van der Waals surface area contributed by atoms with Crippen molar-refractivity contribution in [3.05, 3.63) is 39.5 Å². The summed E-state index contributed by atoms with van der Waals surface area (Å²) >= 11 is 17.4. The van der Waals surface area contributed by atoms with Crippen molar-refractivity contribution >= 4 is 52.5 Å². The monoisotopic (exact) mass is 358 g/mol. The summed E-state index contributed by atoms with van der Waals surface area (Å²) in [5, 5.41) is 4.26. The molecule has 1 saturated heterocycles. The van der Waals surface area contributed by atoms with Gasteiger partial charge in [-0.05, 0) is 43.8 Å². The van der Waals surface area contributed by atoms with Crippen LogP contribution in [0.25, 0.3) is 6.08 Å². The van der Waals surface area contributed by atoms with E-state index < -0.39 is 0 Å². The lowest BCUT2D eigenvalue weighted by molar-refractivity contribution is -0.122. The van der Waals surface area contributed by atoms with E-state index in [0.717, 1.165) is 6.42 Å². The van der Waals surface area contributed by atoms with Crippen LogP contribution in [0.2, 0.25) is 10.0 Å². The second-order valence-electron chi connectivity index (χ2n) is 4.63. The molecule has 22 heavy (non-hydrogen) atoms. The van der Waals surface area contributed by atoms with Gasteiger partial charge in [-0.2, -0.15) is 0 Å². The molecule has 0 radical (unpaired) electrons. The lowest BCUT2D eigenvalue weighted by Crippen LogP contribution is -2.32. The fourth-order valence-corrected chi connectivity index (χ4v) is 2.83. The smallest absolute Gasteiger partial charge is 0.276 e. The zero-order valence-corrected chi connectivity index (χ0v) is 14.4. The van der Waals surface area contributed by atoms with Crippen molar-refractivity contribution in [2.45, 2.75) is 13.3 Å². The number of hydrogen-bond acceptors (Lipinski definition) is 3. The number of carbonyl (C=O) groups is 1. The van der Waals surface area contributed by atoms with Gasteiger partial charge in [0.05, 0.1) is 0 Å². The van der Waals surface area contributed by atoms with Crippen LogP contribution in [0.15, 0.2) is 23.9 Å². The average molecular weight is 359 g/mol. The van der Waals surface area contributed by atoms with E-state index in [0.29, 0.717) is 46.2 Å². The normalized spacial score (nSPS) is 16.5. The maximum atomic E-state index is 12.4.